The van der Waals surface area contributed by atoms with Crippen LogP contribution in [0.2, 0.25) is 0 Å². The minimum absolute atomic E-state index is 0.155. The molecule has 0 saturated heterocycles. The molecule has 0 spiro atoms. The summed E-state index contributed by atoms with van der Waals surface area (Å²) in [6.07, 6.45) is 2.41. The number of carbonyl (C=O) groups is 1. The maximum atomic E-state index is 12.3. The summed E-state index contributed by atoms with van der Waals surface area (Å²) in [7, 11) is 0. The van der Waals surface area contributed by atoms with Crippen molar-refractivity contribution < 1.29 is 9.21 Å². The van der Waals surface area contributed by atoms with E-state index in [9.17, 15) is 4.79 Å². The second kappa shape index (κ2) is 7.00. The third-order valence-electron chi connectivity index (χ3n) is 4.30. The van der Waals surface area contributed by atoms with Gasteiger partial charge in [-0.1, -0.05) is 6.07 Å². The van der Waals surface area contributed by atoms with Gasteiger partial charge in [-0.25, -0.2) is 0 Å². The van der Waals surface area contributed by atoms with Crippen LogP contribution in [-0.2, 0) is 6.54 Å². The van der Waals surface area contributed by atoms with E-state index in [1.807, 2.05) is 43.3 Å². The number of hydrogen-bond acceptors (Lipinski definition) is 5. The Hall–Kier alpha value is -3.15. The van der Waals surface area contributed by atoms with Gasteiger partial charge in [-0.3, -0.25) is 4.79 Å². The maximum Gasteiger partial charge on any atom is 0.251 e. The average molecular weight is 348 g/mol. The van der Waals surface area contributed by atoms with Crippen molar-refractivity contribution in [2.75, 3.05) is 5.32 Å². The molecule has 26 heavy (non-hydrogen) atoms. The molecule has 2 aromatic heterocycles. The summed E-state index contributed by atoms with van der Waals surface area (Å²) in [6.45, 7) is 2.24. The van der Waals surface area contributed by atoms with E-state index in [1.54, 1.807) is 12.1 Å². The highest BCUT2D eigenvalue weighted by Gasteiger charge is 2.25. The van der Waals surface area contributed by atoms with Gasteiger partial charge in [0, 0.05) is 17.2 Å². The van der Waals surface area contributed by atoms with Crippen LogP contribution in [-0.4, -0.2) is 16.1 Å². The van der Waals surface area contributed by atoms with Crippen molar-refractivity contribution in [3.05, 3.63) is 71.3 Å². The summed E-state index contributed by atoms with van der Waals surface area (Å²) in [5.74, 6) is 2.66. The van der Waals surface area contributed by atoms with Crippen LogP contribution >= 0.6 is 0 Å². The van der Waals surface area contributed by atoms with Gasteiger partial charge in [0.05, 0.1) is 12.2 Å². The van der Waals surface area contributed by atoms with Crippen molar-refractivity contribution >= 4 is 17.4 Å². The summed E-state index contributed by atoms with van der Waals surface area (Å²) in [6, 6.07) is 15.0. The van der Waals surface area contributed by atoms with Gasteiger partial charge in [-0.2, -0.15) is 5.10 Å². The first-order chi connectivity index (χ1) is 12.7. The summed E-state index contributed by atoms with van der Waals surface area (Å²) in [5.41, 5.74) is 2.41. The monoisotopic (exact) mass is 348 g/mol. The molecule has 0 unspecified atom stereocenters. The molecule has 0 radical (unpaired) electrons. The van der Waals surface area contributed by atoms with Crippen molar-refractivity contribution in [3.8, 4) is 0 Å². The minimum Gasteiger partial charge on any atom is -0.465 e. The van der Waals surface area contributed by atoms with Crippen molar-refractivity contribution in [2.45, 2.75) is 32.2 Å². The zero-order valence-corrected chi connectivity index (χ0v) is 14.5. The van der Waals surface area contributed by atoms with Crippen molar-refractivity contribution in [1.82, 2.24) is 15.5 Å². The Morgan fingerprint density at radius 3 is 2.73 bits per heavy atom. The fourth-order valence-electron chi connectivity index (χ4n) is 2.74. The zero-order valence-electron chi connectivity index (χ0n) is 14.5. The van der Waals surface area contributed by atoms with Gasteiger partial charge in [0.25, 0.3) is 5.91 Å². The Balaban J connectivity index is 1.39. The molecule has 1 aliphatic carbocycles. The summed E-state index contributed by atoms with van der Waals surface area (Å²) < 4.78 is 5.46. The first kappa shape index (κ1) is 16.3. The molecule has 1 fully saturated rings. The second-order valence-electron chi connectivity index (χ2n) is 6.52. The van der Waals surface area contributed by atoms with Gasteiger partial charge < -0.3 is 15.1 Å². The van der Waals surface area contributed by atoms with Gasteiger partial charge >= 0.3 is 0 Å². The Morgan fingerprint density at radius 2 is 2.04 bits per heavy atom. The van der Waals surface area contributed by atoms with Crippen LogP contribution in [0.4, 0.5) is 11.5 Å². The largest absolute Gasteiger partial charge is 0.465 e. The number of aromatic nitrogens is 2. The van der Waals surface area contributed by atoms with E-state index < -0.39 is 0 Å². The van der Waals surface area contributed by atoms with Crippen LogP contribution in [0.25, 0.3) is 0 Å². The summed E-state index contributed by atoms with van der Waals surface area (Å²) in [4.78, 5) is 12.3. The fourth-order valence-corrected chi connectivity index (χ4v) is 2.74. The topological polar surface area (TPSA) is 80.0 Å². The number of anilines is 2. The van der Waals surface area contributed by atoms with Gasteiger partial charge in [-0.15, -0.1) is 5.10 Å². The lowest BCUT2D eigenvalue weighted by molar-refractivity contribution is 0.0948. The highest BCUT2D eigenvalue weighted by atomic mass is 16.3. The van der Waals surface area contributed by atoms with E-state index in [0.29, 0.717) is 23.8 Å². The molecule has 6 heteroatoms. The van der Waals surface area contributed by atoms with Crippen LogP contribution in [0.5, 0.6) is 0 Å². The van der Waals surface area contributed by atoms with E-state index in [-0.39, 0.29) is 5.91 Å². The van der Waals surface area contributed by atoms with E-state index >= 15 is 0 Å². The molecule has 2 N–H and O–H groups in total. The molecule has 0 bridgehead atoms. The Bertz CT molecular complexity index is 914. The molecule has 0 atom stereocenters. The number of hydrogen-bond donors (Lipinski definition) is 2. The zero-order chi connectivity index (χ0) is 17.9. The molecule has 1 saturated carbocycles. The van der Waals surface area contributed by atoms with Crippen molar-refractivity contribution in [2.24, 2.45) is 0 Å². The number of furan rings is 1. The fraction of sp³-hybridized carbons (Fsp3) is 0.250. The van der Waals surface area contributed by atoms with Crippen LogP contribution in [0.3, 0.4) is 0 Å². The molecule has 6 nitrogen and oxygen atoms in total. The predicted molar refractivity (Wildman–Crippen MR) is 98.3 cm³/mol. The molecule has 3 aromatic rings. The first-order valence-corrected chi connectivity index (χ1v) is 8.71. The third-order valence-corrected chi connectivity index (χ3v) is 4.30. The maximum absolute atomic E-state index is 12.3. The SMILES string of the molecule is Cc1ccc(CNC(=O)c2cccc(Nc3ccc(C4CC4)nn3)c2)o1. The van der Waals surface area contributed by atoms with E-state index in [4.69, 9.17) is 4.42 Å². The van der Waals surface area contributed by atoms with Crippen LogP contribution in [0, 0.1) is 6.92 Å². The second-order valence-corrected chi connectivity index (χ2v) is 6.52. The molecule has 0 aliphatic heterocycles. The number of nitrogens with zero attached hydrogens (tertiary/aromatic N) is 2. The summed E-state index contributed by atoms with van der Waals surface area (Å²) in [5, 5.41) is 14.5. The Kier molecular flexibility index (Phi) is 4.39. The predicted octanol–water partition coefficient (Wildman–Crippen LogP) is 3.93. The number of nitrogens with one attached hydrogen (secondary N) is 2. The lowest BCUT2D eigenvalue weighted by atomic mass is 10.2. The van der Waals surface area contributed by atoms with Crippen LogP contribution in [0.1, 0.15) is 46.3 Å². The molecule has 1 aromatic carbocycles. The Morgan fingerprint density at radius 1 is 1.15 bits per heavy atom. The molecular weight excluding hydrogens is 328 g/mol. The van der Waals surface area contributed by atoms with Crippen LogP contribution < -0.4 is 10.6 Å². The van der Waals surface area contributed by atoms with Gasteiger partial charge in [0.2, 0.25) is 0 Å². The summed E-state index contributed by atoms with van der Waals surface area (Å²) >= 11 is 0. The molecule has 1 amide bonds. The quantitative estimate of drug-likeness (QED) is 0.705. The molecule has 2 heterocycles. The average Bonchev–Trinajstić information content (AvgIpc) is 3.42. The van der Waals surface area contributed by atoms with Crippen LogP contribution in [0.15, 0.2) is 52.9 Å². The van der Waals surface area contributed by atoms with Gasteiger partial charge in [-0.05, 0) is 62.2 Å². The van der Waals surface area contributed by atoms with E-state index in [2.05, 4.69) is 20.8 Å². The lowest BCUT2D eigenvalue weighted by Crippen LogP contribution is -2.22. The third kappa shape index (κ3) is 3.91. The van der Waals surface area contributed by atoms with Gasteiger partial charge in [0.15, 0.2) is 5.82 Å². The normalized spacial score (nSPS) is 13.4. The number of carbonyl (C=O) groups excluding carboxylic acids is 1. The smallest absolute Gasteiger partial charge is 0.251 e. The highest BCUT2D eigenvalue weighted by Crippen LogP contribution is 2.38. The Labute approximate surface area is 151 Å². The number of benzene rings is 1. The number of amides is 1. The number of aryl methyl sites for hydroxylation is 1. The van der Waals surface area contributed by atoms with E-state index in [0.717, 1.165) is 22.9 Å². The molecule has 4 rings (SSSR count). The number of rotatable bonds is 6. The molecule has 1 aliphatic rings. The first-order valence-electron chi connectivity index (χ1n) is 8.71. The van der Waals surface area contributed by atoms with Crippen molar-refractivity contribution in [1.29, 1.82) is 0 Å². The highest BCUT2D eigenvalue weighted by molar-refractivity contribution is 5.95. The molecule has 132 valence electrons. The van der Waals surface area contributed by atoms with E-state index in [1.165, 1.54) is 12.8 Å². The van der Waals surface area contributed by atoms with Gasteiger partial charge in [0.1, 0.15) is 11.5 Å². The van der Waals surface area contributed by atoms with Crippen molar-refractivity contribution in [3.63, 3.8) is 0 Å². The lowest BCUT2D eigenvalue weighted by Gasteiger charge is -2.08. The molecular formula is C20H20N4O2. The standard InChI is InChI=1S/C20H20N4O2/c1-13-5-8-17(26-13)12-21-20(25)15-3-2-4-16(11-15)22-19-10-9-18(23-24-19)14-6-7-14/h2-5,8-11,14H,6-7,12H2,1H3,(H,21,25)(H,22,24). The minimum atomic E-state index is -0.155.